The largest absolute Gasteiger partial charge is 0.462 e. The number of nitrogens with zero attached hydrogens (tertiary/aromatic N) is 4. The molecule has 0 aromatic rings. The maximum atomic E-state index is 11.9. The van der Waals surface area contributed by atoms with Gasteiger partial charge in [0.05, 0.1) is 6.61 Å². The first-order valence-corrected chi connectivity index (χ1v) is 10.1. The van der Waals surface area contributed by atoms with Crippen LogP contribution < -0.4 is 0 Å². The van der Waals surface area contributed by atoms with Crippen LogP contribution in [0.15, 0.2) is 23.9 Å². The molecule has 0 fully saturated rings. The van der Waals surface area contributed by atoms with Crippen LogP contribution >= 0.6 is 0 Å². The summed E-state index contributed by atoms with van der Waals surface area (Å²) in [4.78, 5) is 19.8. The predicted octanol–water partition coefficient (Wildman–Crippen LogP) is 5.47. The molecule has 0 N–H and O–H groups in total. The second-order valence-corrected chi connectivity index (χ2v) is 6.54. The molecule has 0 unspecified atom stereocenters. The summed E-state index contributed by atoms with van der Waals surface area (Å²) in [5.41, 5.74) is -0.0890. The van der Waals surface area contributed by atoms with Gasteiger partial charge in [-0.3, -0.25) is 9.69 Å². The Morgan fingerprint density at radius 3 is 2.04 bits per heavy atom. The fourth-order valence-corrected chi connectivity index (χ4v) is 2.56. The molecule has 6 heteroatoms. The van der Waals surface area contributed by atoms with E-state index in [1.54, 1.807) is 0 Å². The summed E-state index contributed by atoms with van der Waals surface area (Å²) in [5.74, 6) is -0.634. The molecular formula is C22H32N4O2. The lowest BCUT2D eigenvalue weighted by Gasteiger charge is -2.05. The van der Waals surface area contributed by atoms with E-state index in [9.17, 15) is 4.79 Å². The molecule has 0 rings (SSSR count). The van der Waals surface area contributed by atoms with Gasteiger partial charge in [-0.15, -0.1) is 0 Å². The molecule has 6 nitrogen and oxygen atoms in total. The zero-order valence-corrected chi connectivity index (χ0v) is 17.0. The smallest absolute Gasteiger partial charge is 0.348 e. The molecule has 0 saturated heterocycles. The van der Waals surface area contributed by atoms with Crippen molar-refractivity contribution in [1.29, 1.82) is 5.26 Å². The highest BCUT2D eigenvalue weighted by Crippen LogP contribution is 2.10. The fourth-order valence-electron chi connectivity index (χ4n) is 2.56. The summed E-state index contributed by atoms with van der Waals surface area (Å²) >= 11 is 0. The van der Waals surface area contributed by atoms with Crippen molar-refractivity contribution in [2.24, 2.45) is 0 Å². The third-order valence-corrected chi connectivity index (χ3v) is 4.14. The Labute approximate surface area is 170 Å². The Morgan fingerprint density at radius 2 is 1.54 bits per heavy atom. The van der Waals surface area contributed by atoms with Gasteiger partial charge < -0.3 is 4.74 Å². The summed E-state index contributed by atoms with van der Waals surface area (Å²) in [5, 5.41) is 9.08. The molecule has 0 aromatic heterocycles. The average Bonchev–Trinajstić information content (AvgIpc) is 2.69. The molecule has 0 bridgehead atoms. The average molecular weight is 385 g/mol. The van der Waals surface area contributed by atoms with Crippen molar-refractivity contribution in [2.45, 2.75) is 71.1 Å². The van der Waals surface area contributed by atoms with E-state index < -0.39 is 5.97 Å². The van der Waals surface area contributed by atoms with Crippen molar-refractivity contribution in [1.82, 2.24) is 4.90 Å². The summed E-state index contributed by atoms with van der Waals surface area (Å²) < 4.78 is 5.15. The van der Waals surface area contributed by atoms with Crippen LogP contribution in [0.5, 0.6) is 0 Å². The van der Waals surface area contributed by atoms with Crippen molar-refractivity contribution in [3.63, 3.8) is 0 Å². The second kappa shape index (κ2) is 19.0. The molecule has 152 valence electrons. The first kappa shape index (κ1) is 25.2. The van der Waals surface area contributed by atoms with E-state index in [0.717, 1.165) is 19.3 Å². The summed E-state index contributed by atoms with van der Waals surface area (Å²) in [6.45, 7) is 16.3. The van der Waals surface area contributed by atoms with Crippen LogP contribution in [0.4, 0.5) is 0 Å². The van der Waals surface area contributed by atoms with Crippen LogP contribution in [0.25, 0.3) is 9.69 Å². The summed E-state index contributed by atoms with van der Waals surface area (Å²) in [7, 11) is 0. The Hall–Kier alpha value is -2.78. The van der Waals surface area contributed by atoms with Gasteiger partial charge >= 0.3 is 5.97 Å². The van der Waals surface area contributed by atoms with Crippen molar-refractivity contribution in [3.05, 3.63) is 46.8 Å². The quantitative estimate of drug-likeness (QED) is 0.0884. The maximum Gasteiger partial charge on any atom is 0.348 e. The standard InChI is InChI=1S/C22H32N4O2/c1-4-5-6-7-8-9-10-11-12-13-17-28-22(27)21(18-23)15-14-16-26(19-24-2)20-25-3/h14-16H,4-13,17,19-20H2,1H3/b16-14+,21-15+. The van der Waals surface area contributed by atoms with Crippen LogP contribution in [0.2, 0.25) is 0 Å². The number of ether oxygens (including phenoxy) is 1. The predicted molar refractivity (Wildman–Crippen MR) is 110 cm³/mol. The molecule has 0 amide bonds. The third-order valence-electron chi connectivity index (χ3n) is 4.14. The van der Waals surface area contributed by atoms with Crippen molar-refractivity contribution >= 4 is 5.97 Å². The number of esters is 1. The highest BCUT2D eigenvalue weighted by Gasteiger charge is 2.09. The monoisotopic (exact) mass is 384 g/mol. The molecule has 0 saturated carbocycles. The number of hydrogen-bond donors (Lipinski definition) is 0. The van der Waals surface area contributed by atoms with Crippen LogP contribution in [0, 0.1) is 24.5 Å². The van der Waals surface area contributed by atoms with E-state index in [4.69, 9.17) is 23.1 Å². The van der Waals surface area contributed by atoms with Gasteiger partial charge in [0.1, 0.15) is 11.6 Å². The zero-order chi connectivity index (χ0) is 20.9. The molecule has 28 heavy (non-hydrogen) atoms. The molecule has 0 atom stereocenters. The number of nitriles is 1. The molecule has 0 radical (unpaired) electrons. The molecule has 0 heterocycles. The number of carbonyl (C=O) groups excluding carboxylic acids is 1. The maximum absolute atomic E-state index is 11.9. The van der Waals surface area contributed by atoms with E-state index in [0.29, 0.717) is 6.61 Å². The van der Waals surface area contributed by atoms with E-state index in [2.05, 4.69) is 16.6 Å². The third kappa shape index (κ3) is 14.4. The first-order valence-electron chi connectivity index (χ1n) is 10.1. The molecule has 0 aliphatic heterocycles. The Balaban J connectivity index is 3.98. The topological polar surface area (TPSA) is 62.0 Å². The van der Waals surface area contributed by atoms with Gasteiger partial charge in [0.2, 0.25) is 0 Å². The van der Waals surface area contributed by atoms with Crippen LogP contribution in [-0.2, 0) is 9.53 Å². The highest BCUT2D eigenvalue weighted by molar-refractivity contribution is 5.93. The molecule has 0 aromatic carbocycles. The highest BCUT2D eigenvalue weighted by atomic mass is 16.5. The number of allylic oxidation sites excluding steroid dienone is 2. The normalized spacial score (nSPS) is 10.9. The van der Waals surface area contributed by atoms with E-state index >= 15 is 0 Å². The molecule has 0 aliphatic rings. The van der Waals surface area contributed by atoms with Gasteiger partial charge in [0.15, 0.2) is 0 Å². The van der Waals surface area contributed by atoms with Gasteiger partial charge in [-0.1, -0.05) is 64.7 Å². The molecule has 0 aliphatic carbocycles. The second-order valence-electron chi connectivity index (χ2n) is 6.54. The minimum atomic E-state index is -0.634. The van der Waals surface area contributed by atoms with Crippen LogP contribution in [-0.4, -0.2) is 30.8 Å². The SMILES string of the molecule is [C-]#[N+]CN(/C=C/C=C(\C#N)C(=O)OCCCCCCCCCCCC)C[N+]#[C-]. The number of rotatable bonds is 16. The van der Waals surface area contributed by atoms with Gasteiger partial charge in [0, 0.05) is 6.20 Å². The summed E-state index contributed by atoms with van der Waals surface area (Å²) in [6, 6.07) is 1.83. The Bertz CT molecular complexity index is 589. The van der Waals surface area contributed by atoms with E-state index in [-0.39, 0.29) is 18.9 Å². The lowest BCUT2D eigenvalue weighted by atomic mass is 10.1. The summed E-state index contributed by atoms with van der Waals surface area (Å²) in [6.07, 6.45) is 16.4. The van der Waals surface area contributed by atoms with E-state index in [1.807, 2.05) is 6.07 Å². The molecule has 0 spiro atoms. The number of hydrogen-bond acceptors (Lipinski definition) is 4. The zero-order valence-electron chi connectivity index (χ0n) is 17.0. The van der Waals surface area contributed by atoms with E-state index in [1.165, 1.54) is 68.2 Å². The van der Waals surface area contributed by atoms with Gasteiger partial charge in [-0.05, 0) is 18.6 Å². The minimum Gasteiger partial charge on any atom is -0.462 e. The lowest BCUT2D eigenvalue weighted by molar-refractivity contribution is -0.138. The molecular weight excluding hydrogens is 352 g/mol. The van der Waals surface area contributed by atoms with Crippen LogP contribution in [0.3, 0.4) is 0 Å². The van der Waals surface area contributed by atoms with Crippen molar-refractivity contribution in [2.75, 3.05) is 19.9 Å². The van der Waals surface area contributed by atoms with Crippen LogP contribution in [0.1, 0.15) is 71.1 Å². The minimum absolute atomic E-state index is 0.0534. The van der Waals surface area contributed by atoms with Gasteiger partial charge in [0.25, 0.3) is 13.3 Å². The van der Waals surface area contributed by atoms with Gasteiger partial charge in [-0.25, -0.2) is 22.8 Å². The Kier molecular flexibility index (Phi) is 17.1. The van der Waals surface area contributed by atoms with Crippen molar-refractivity contribution in [3.8, 4) is 6.07 Å². The lowest BCUT2D eigenvalue weighted by Crippen LogP contribution is -2.15. The number of unbranched alkanes of at least 4 members (excludes halogenated alkanes) is 9. The van der Waals surface area contributed by atoms with Gasteiger partial charge in [-0.2, -0.15) is 5.26 Å². The Morgan fingerprint density at radius 1 is 1.00 bits per heavy atom. The van der Waals surface area contributed by atoms with Crippen molar-refractivity contribution < 1.29 is 9.53 Å². The first-order chi connectivity index (χ1) is 13.7. The fraction of sp³-hybridized carbons (Fsp3) is 0.636. The number of carbonyl (C=O) groups is 1.